The topological polar surface area (TPSA) is 43.1 Å². The molecule has 0 N–H and O–H groups in total. The molecule has 4 aromatic carbocycles. The Morgan fingerprint density at radius 1 is 0.645 bits per heavy atom. The van der Waals surface area contributed by atoms with Crippen molar-refractivity contribution in [2.24, 2.45) is 4.74 Å². The molecule has 0 radical (unpaired) electrons. The van der Waals surface area contributed by atoms with Crippen LogP contribution >= 0.6 is 7.05 Å². The molecule has 0 saturated carbocycles. The minimum absolute atomic E-state index is 0.193. The van der Waals surface area contributed by atoms with Crippen LogP contribution in [-0.4, -0.2) is 15.0 Å². The van der Waals surface area contributed by atoms with E-state index in [1.165, 1.54) is 15.9 Å². The molecule has 1 aromatic heterocycles. The highest BCUT2D eigenvalue weighted by Crippen LogP contribution is 2.48. The van der Waals surface area contributed by atoms with E-state index in [0.717, 1.165) is 11.0 Å². The van der Waals surface area contributed by atoms with Crippen molar-refractivity contribution in [2.45, 2.75) is 13.1 Å². The summed E-state index contributed by atoms with van der Waals surface area (Å²) in [5.74, 6) is 0. The smallest absolute Gasteiger partial charge is 0.140 e. The third-order valence-electron chi connectivity index (χ3n) is 5.46. The maximum Gasteiger partial charge on any atom is 0.140 e. The lowest BCUT2D eigenvalue weighted by Gasteiger charge is -2.28. The predicted octanol–water partition coefficient (Wildman–Crippen LogP) is 5.13. The highest BCUT2D eigenvalue weighted by Gasteiger charge is 2.28. The fraction of sp³-hybridized carbons (Fsp3) is 0.0769. The zero-order chi connectivity index (χ0) is 21.1. The Hall–Kier alpha value is -3.49. The van der Waals surface area contributed by atoms with Gasteiger partial charge in [-0.05, 0) is 19.1 Å². The molecule has 5 rings (SSSR count). The summed E-state index contributed by atoms with van der Waals surface area (Å²) >= 11 is 0. The Bertz CT molecular complexity index is 1240. The van der Waals surface area contributed by atoms with Gasteiger partial charge in [-0.3, -0.25) is 4.74 Å². The molecule has 0 spiro atoms. The summed E-state index contributed by atoms with van der Waals surface area (Å²) in [7, 11) is -2.29. The maximum atomic E-state index is 5.58. The van der Waals surface area contributed by atoms with Crippen LogP contribution in [0.25, 0.3) is 11.0 Å². The van der Waals surface area contributed by atoms with Gasteiger partial charge in [0.05, 0.1) is 12.6 Å². The van der Waals surface area contributed by atoms with Crippen LogP contribution in [0, 0.1) is 0 Å². The third-order valence-corrected chi connectivity index (χ3v) is 9.28. The summed E-state index contributed by atoms with van der Waals surface area (Å²) in [5.41, 5.74) is 1.87. The monoisotopic (exact) mass is 422 g/mol. The number of benzene rings is 4. The summed E-state index contributed by atoms with van der Waals surface area (Å²) in [6, 6.07) is 40.0. The molecule has 5 aromatic rings. The number of fused-ring (bicyclic) bond motifs is 1. The number of para-hydroxylation sites is 1. The van der Waals surface area contributed by atoms with Gasteiger partial charge in [-0.25, -0.2) is 4.68 Å². The first kappa shape index (κ1) is 19.5. The minimum Gasteiger partial charge on any atom is -0.263 e. The first-order valence-corrected chi connectivity index (χ1v) is 12.1. The van der Waals surface area contributed by atoms with Crippen LogP contribution < -0.4 is 15.9 Å². The molecule has 0 aliphatic carbocycles. The highest BCUT2D eigenvalue weighted by molar-refractivity contribution is 7.87. The molecular formula is C26H23N4P. The number of rotatable bonds is 5. The van der Waals surface area contributed by atoms with E-state index >= 15 is 0 Å². The number of hydrogen-bond donors (Lipinski definition) is 0. The average molecular weight is 422 g/mol. The predicted molar refractivity (Wildman–Crippen MR) is 130 cm³/mol. The van der Waals surface area contributed by atoms with Crippen LogP contribution in [-0.2, 0) is 0 Å². The average Bonchev–Trinajstić information content (AvgIpc) is 3.29. The van der Waals surface area contributed by atoms with Gasteiger partial charge in [-0.15, -0.1) is 5.10 Å². The Labute approximate surface area is 182 Å². The molecule has 0 aliphatic heterocycles. The molecule has 4 nitrogen and oxygen atoms in total. The van der Waals surface area contributed by atoms with Crippen molar-refractivity contribution < 1.29 is 0 Å². The third kappa shape index (κ3) is 3.49. The van der Waals surface area contributed by atoms with Crippen molar-refractivity contribution in [2.75, 3.05) is 0 Å². The normalized spacial score (nSPS) is 12.5. The number of nitrogens with zero attached hydrogens (tertiary/aromatic N) is 4. The van der Waals surface area contributed by atoms with Crippen molar-refractivity contribution in [3.05, 3.63) is 115 Å². The first-order valence-electron chi connectivity index (χ1n) is 10.4. The fourth-order valence-electron chi connectivity index (χ4n) is 4.04. The van der Waals surface area contributed by atoms with Crippen LogP contribution in [0.1, 0.15) is 13.1 Å². The van der Waals surface area contributed by atoms with Crippen LogP contribution in [0.2, 0.25) is 0 Å². The largest absolute Gasteiger partial charge is 0.263 e. The van der Waals surface area contributed by atoms with E-state index in [9.17, 15) is 0 Å². The zero-order valence-electron chi connectivity index (χ0n) is 17.3. The Morgan fingerprint density at radius 3 is 1.61 bits per heavy atom. The fourth-order valence-corrected chi connectivity index (χ4v) is 7.75. The van der Waals surface area contributed by atoms with Gasteiger partial charge in [0.15, 0.2) is 0 Å². The molecule has 0 amide bonds. The molecule has 1 atom stereocenters. The summed E-state index contributed by atoms with van der Waals surface area (Å²) in [4.78, 5) is 0. The van der Waals surface area contributed by atoms with Gasteiger partial charge < -0.3 is 0 Å². The molecular weight excluding hydrogens is 399 g/mol. The van der Waals surface area contributed by atoms with Gasteiger partial charge >= 0.3 is 0 Å². The molecule has 152 valence electrons. The molecule has 1 heterocycles. The van der Waals surface area contributed by atoms with Crippen molar-refractivity contribution >= 4 is 34.0 Å². The second kappa shape index (κ2) is 8.33. The van der Waals surface area contributed by atoms with Crippen molar-refractivity contribution in [3.8, 4) is 0 Å². The Morgan fingerprint density at radius 2 is 1.10 bits per heavy atom. The summed E-state index contributed by atoms with van der Waals surface area (Å²) in [5, 5.41) is 12.5. The van der Waals surface area contributed by atoms with E-state index in [1.807, 2.05) is 22.9 Å². The van der Waals surface area contributed by atoms with Gasteiger partial charge in [0.2, 0.25) is 0 Å². The molecule has 0 bridgehead atoms. The van der Waals surface area contributed by atoms with Crippen LogP contribution in [0.15, 0.2) is 120 Å². The molecule has 31 heavy (non-hydrogen) atoms. The molecule has 0 aliphatic rings. The van der Waals surface area contributed by atoms with Gasteiger partial charge in [0.1, 0.15) is 11.7 Å². The Kier molecular flexibility index (Phi) is 5.23. The van der Waals surface area contributed by atoms with E-state index in [4.69, 9.17) is 4.74 Å². The summed E-state index contributed by atoms with van der Waals surface area (Å²) < 4.78 is 7.51. The van der Waals surface area contributed by atoms with Crippen LogP contribution in [0.5, 0.6) is 0 Å². The summed E-state index contributed by atoms with van der Waals surface area (Å²) in [6.07, 6.45) is -0.193. The molecule has 1 unspecified atom stereocenters. The molecule has 5 heteroatoms. The van der Waals surface area contributed by atoms with Gasteiger partial charge in [0.25, 0.3) is 0 Å². The SMILES string of the molecule is CC(N=P(c1ccccc1)(c1ccccc1)c1ccccc1)n1nnc2ccccc21. The van der Waals surface area contributed by atoms with Gasteiger partial charge in [-0.1, -0.05) is 108 Å². The molecule has 0 fully saturated rings. The zero-order valence-corrected chi connectivity index (χ0v) is 18.2. The van der Waals surface area contributed by atoms with Crippen LogP contribution in [0.3, 0.4) is 0 Å². The maximum absolute atomic E-state index is 5.58. The van der Waals surface area contributed by atoms with Gasteiger partial charge in [-0.2, -0.15) is 0 Å². The van der Waals surface area contributed by atoms with E-state index < -0.39 is 7.05 Å². The molecule has 0 saturated heterocycles. The van der Waals surface area contributed by atoms with Crippen molar-refractivity contribution in [1.82, 2.24) is 15.0 Å². The standard InChI is InChI=1S/C26H23N4P/c1-21(30-26-20-12-11-19-25(26)27-29-30)28-31(22-13-5-2-6-14-22,23-15-7-3-8-16-23)24-17-9-4-10-18-24/h2-21H,1H3. The van der Waals surface area contributed by atoms with Gasteiger partial charge in [0, 0.05) is 15.9 Å². The number of aromatic nitrogens is 3. The second-order valence-electron chi connectivity index (χ2n) is 7.41. The van der Waals surface area contributed by atoms with Crippen LogP contribution in [0.4, 0.5) is 0 Å². The quantitative estimate of drug-likeness (QED) is 0.369. The lowest BCUT2D eigenvalue weighted by Crippen LogP contribution is -2.26. The van der Waals surface area contributed by atoms with E-state index in [-0.39, 0.29) is 6.17 Å². The lowest BCUT2D eigenvalue weighted by molar-refractivity contribution is 0.515. The van der Waals surface area contributed by atoms with E-state index in [2.05, 4.69) is 114 Å². The first-order chi connectivity index (χ1) is 15.3. The second-order valence-corrected chi connectivity index (χ2v) is 10.5. The Balaban J connectivity index is 1.83. The minimum atomic E-state index is -2.29. The van der Waals surface area contributed by atoms with Crippen molar-refractivity contribution in [1.29, 1.82) is 0 Å². The van der Waals surface area contributed by atoms with E-state index in [1.54, 1.807) is 0 Å². The summed E-state index contributed by atoms with van der Waals surface area (Å²) in [6.45, 7) is 2.10. The van der Waals surface area contributed by atoms with Crippen molar-refractivity contribution in [3.63, 3.8) is 0 Å². The lowest BCUT2D eigenvalue weighted by atomic mass is 10.3. The number of hydrogen-bond acceptors (Lipinski definition) is 3. The highest BCUT2D eigenvalue weighted by atomic mass is 31.2. The van der Waals surface area contributed by atoms with E-state index in [0.29, 0.717) is 0 Å².